The minimum Gasteiger partial charge on any atom is -0.411 e. The van der Waals surface area contributed by atoms with E-state index in [0.717, 1.165) is 11.8 Å². The number of nitro benzene ring substituents is 1. The Bertz CT molecular complexity index is 963. The minimum atomic E-state index is -0.547. The fourth-order valence-corrected chi connectivity index (χ4v) is 2.63. The number of halogens is 1. The molecule has 0 unspecified atom stereocenters. The molecule has 1 N–H and O–H groups in total. The second-order valence-corrected chi connectivity index (χ2v) is 5.89. The molecule has 8 nitrogen and oxygen atoms in total. The van der Waals surface area contributed by atoms with Crippen LogP contribution in [0.4, 0.5) is 15.8 Å². The number of hydrogen-bond acceptors (Lipinski definition) is 7. The molecule has 0 aliphatic carbocycles. The zero-order valence-electron chi connectivity index (χ0n) is 13.1. The molecular weight excluding hydrogens is 363 g/mol. The van der Waals surface area contributed by atoms with Crippen LogP contribution in [0.25, 0.3) is 11.5 Å². The maximum absolute atomic E-state index is 13.5. The van der Waals surface area contributed by atoms with Crippen LogP contribution in [-0.2, 0) is 4.79 Å². The van der Waals surface area contributed by atoms with E-state index >= 15 is 0 Å². The van der Waals surface area contributed by atoms with Crippen molar-refractivity contribution in [2.24, 2.45) is 0 Å². The van der Waals surface area contributed by atoms with Crippen molar-refractivity contribution in [1.82, 2.24) is 10.2 Å². The van der Waals surface area contributed by atoms with Gasteiger partial charge in [-0.3, -0.25) is 14.9 Å². The van der Waals surface area contributed by atoms with E-state index in [9.17, 15) is 19.3 Å². The Morgan fingerprint density at radius 2 is 1.92 bits per heavy atom. The first kappa shape index (κ1) is 17.5. The van der Waals surface area contributed by atoms with Crippen molar-refractivity contribution in [2.45, 2.75) is 5.22 Å². The highest BCUT2D eigenvalue weighted by atomic mass is 32.2. The Balaban J connectivity index is 1.65. The molecule has 0 radical (unpaired) electrons. The lowest BCUT2D eigenvalue weighted by Gasteiger charge is -2.04. The van der Waals surface area contributed by atoms with E-state index in [1.54, 1.807) is 12.1 Å². The molecule has 0 saturated carbocycles. The summed E-state index contributed by atoms with van der Waals surface area (Å²) in [7, 11) is 0. The normalized spacial score (nSPS) is 10.5. The molecule has 1 amide bonds. The van der Waals surface area contributed by atoms with Crippen LogP contribution in [-0.4, -0.2) is 26.8 Å². The largest absolute Gasteiger partial charge is 0.411 e. The average molecular weight is 374 g/mol. The van der Waals surface area contributed by atoms with E-state index in [2.05, 4.69) is 15.5 Å². The highest BCUT2D eigenvalue weighted by molar-refractivity contribution is 7.99. The number of carbonyl (C=O) groups is 1. The lowest BCUT2D eigenvalue weighted by atomic mass is 10.2. The molecular formula is C16H11FN4O4S. The van der Waals surface area contributed by atoms with Gasteiger partial charge in [0, 0.05) is 6.07 Å². The molecule has 0 fully saturated rings. The molecule has 0 saturated heterocycles. The molecule has 10 heteroatoms. The van der Waals surface area contributed by atoms with Crippen LogP contribution in [0.15, 0.2) is 58.2 Å². The number of nitrogens with zero attached hydrogens (tertiary/aromatic N) is 3. The summed E-state index contributed by atoms with van der Waals surface area (Å²) in [5.74, 6) is -1.10. The molecule has 2 aromatic carbocycles. The summed E-state index contributed by atoms with van der Waals surface area (Å²) in [4.78, 5) is 22.4. The molecule has 0 atom stereocenters. The van der Waals surface area contributed by atoms with Crippen molar-refractivity contribution in [3.05, 3.63) is 64.5 Å². The standard InChI is InChI=1S/C16H11FN4O4S/c17-11-6-2-3-7-12(11)18-14(22)9-26-16-20-19-15(25-16)10-5-1-4-8-13(10)21(23)24/h1-8H,9H2,(H,18,22). The number of carbonyl (C=O) groups excluding carboxylic acids is 1. The molecule has 1 heterocycles. The number of benzene rings is 2. The van der Waals surface area contributed by atoms with E-state index in [4.69, 9.17) is 4.42 Å². The van der Waals surface area contributed by atoms with E-state index in [1.807, 2.05) is 0 Å². The maximum Gasteiger partial charge on any atom is 0.282 e. The van der Waals surface area contributed by atoms with Crippen molar-refractivity contribution in [2.75, 3.05) is 11.1 Å². The fourth-order valence-electron chi connectivity index (χ4n) is 2.07. The fraction of sp³-hybridized carbons (Fsp3) is 0.0625. The first-order valence-corrected chi connectivity index (χ1v) is 8.27. The lowest BCUT2D eigenvalue weighted by Crippen LogP contribution is -2.14. The van der Waals surface area contributed by atoms with Crippen LogP contribution in [0.2, 0.25) is 0 Å². The van der Waals surface area contributed by atoms with Gasteiger partial charge in [0.05, 0.1) is 16.4 Å². The van der Waals surface area contributed by atoms with Crippen LogP contribution >= 0.6 is 11.8 Å². The Morgan fingerprint density at radius 1 is 1.19 bits per heavy atom. The van der Waals surface area contributed by atoms with Crippen molar-refractivity contribution < 1.29 is 18.5 Å². The van der Waals surface area contributed by atoms with E-state index < -0.39 is 16.6 Å². The lowest BCUT2D eigenvalue weighted by molar-refractivity contribution is -0.384. The van der Waals surface area contributed by atoms with Gasteiger partial charge in [-0.25, -0.2) is 4.39 Å². The Kier molecular flexibility index (Phi) is 5.23. The minimum absolute atomic E-state index is 0.0192. The summed E-state index contributed by atoms with van der Waals surface area (Å²) < 4.78 is 18.9. The SMILES string of the molecule is O=C(CSc1nnc(-c2ccccc2[N+](=O)[O-])o1)Nc1ccccc1F. The number of hydrogen-bond donors (Lipinski definition) is 1. The number of aromatic nitrogens is 2. The third kappa shape index (κ3) is 4.03. The number of thioether (sulfide) groups is 1. The van der Waals surface area contributed by atoms with Crippen LogP contribution in [0.3, 0.4) is 0 Å². The van der Waals surface area contributed by atoms with Crippen molar-refractivity contribution >= 4 is 29.0 Å². The van der Waals surface area contributed by atoms with Crippen LogP contribution in [0.1, 0.15) is 0 Å². The Hall–Kier alpha value is -3.27. The Labute approximate surface area is 150 Å². The summed E-state index contributed by atoms with van der Waals surface area (Å²) in [5.41, 5.74) is 0.0990. The molecule has 0 aliphatic rings. The average Bonchev–Trinajstić information content (AvgIpc) is 3.11. The van der Waals surface area contributed by atoms with E-state index in [-0.39, 0.29) is 33.8 Å². The molecule has 0 bridgehead atoms. The zero-order valence-corrected chi connectivity index (χ0v) is 13.9. The second kappa shape index (κ2) is 7.74. The summed E-state index contributed by atoms with van der Waals surface area (Å²) in [6.07, 6.45) is 0. The van der Waals surface area contributed by atoms with Crippen LogP contribution < -0.4 is 5.32 Å². The Morgan fingerprint density at radius 3 is 2.69 bits per heavy atom. The van der Waals surface area contributed by atoms with Gasteiger partial charge in [0.25, 0.3) is 16.8 Å². The van der Waals surface area contributed by atoms with Gasteiger partial charge >= 0.3 is 0 Å². The van der Waals surface area contributed by atoms with E-state index in [0.29, 0.717) is 0 Å². The maximum atomic E-state index is 13.5. The number of nitrogens with one attached hydrogen (secondary N) is 1. The smallest absolute Gasteiger partial charge is 0.282 e. The predicted octanol–water partition coefficient (Wildman–Crippen LogP) is 3.51. The molecule has 3 rings (SSSR count). The second-order valence-electron chi connectivity index (χ2n) is 4.96. The molecule has 132 valence electrons. The molecule has 26 heavy (non-hydrogen) atoms. The van der Waals surface area contributed by atoms with Gasteiger partial charge < -0.3 is 9.73 Å². The van der Waals surface area contributed by atoms with Gasteiger partial charge in [-0.2, -0.15) is 0 Å². The third-order valence-electron chi connectivity index (χ3n) is 3.21. The molecule has 0 aliphatic heterocycles. The molecule has 0 spiro atoms. The van der Waals surface area contributed by atoms with Gasteiger partial charge in [0.15, 0.2) is 0 Å². The molecule has 3 aromatic rings. The van der Waals surface area contributed by atoms with Crippen LogP contribution in [0.5, 0.6) is 0 Å². The quantitative estimate of drug-likeness (QED) is 0.399. The number of rotatable bonds is 6. The van der Waals surface area contributed by atoms with Crippen LogP contribution in [0, 0.1) is 15.9 Å². The highest BCUT2D eigenvalue weighted by Crippen LogP contribution is 2.30. The highest BCUT2D eigenvalue weighted by Gasteiger charge is 2.20. The topological polar surface area (TPSA) is 111 Å². The number of para-hydroxylation sites is 2. The summed E-state index contributed by atoms with van der Waals surface area (Å²) >= 11 is 0.939. The number of nitro groups is 1. The summed E-state index contributed by atoms with van der Waals surface area (Å²) in [6.45, 7) is 0. The van der Waals surface area contributed by atoms with Gasteiger partial charge in [-0.05, 0) is 18.2 Å². The third-order valence-corrected chi connectivity index (χ3v) is 4.03. The molecule has 1 aromatic heterocycles. The van der Waals surface area contributed by atoms with Gasteiger partial charge in [0.2, 0.25) is 5.91 Å². The summed E-state index contributed by atoms with van der Waals surface area (Å²) in [5, 5.41) is 21.1. The van der Waals surface area contributed by atoms with Gasteiger partial charge in [-0.1, -0.05) is 36.0 Å². The van der Waals surface area contributed by atoms with Crippen molar-refractivity contribution in [3.8, 4) is 11.5 Å². The number of amides is 1. The van der Waals surface area contributed by atoms with Crippen molar-refractivity contribution in [1.29, 1.82) is 0 Å². The predicted molar refractivity (Wildman–Crippen MR) is 92.1 cm³/mol. The van der Waals surface area contributed by atoms with Crippen molar-refractivity contribution in [3.63, 3.8) is 0 Å². The monoisotopic (exact) mass is 374 g/mol. The van der Waals surface area contributed by atoms with Gasteiger partial charge in [0.1, 0.15) is 11.4 Å². The van der Waals surface area contributed by atoms with E-state index in [1.165, 1.54) is 36.4 Å². The van der Waals surface area contributed by atoms with Gasteiger partial charge in [-0.15, -0.1) is 10.2 Å². The first-order valence-electron chi connectivity index (χ1n) is 7.29. The first-order chi connectivity index (χ1) is 12.5. The zero-order chi connectivity index (χ0) is 18.5. The number of anilines is 1. The summed E-state index contributed by atoms with van der Waals surface area (Å²) in [6, 6.07) is 11.8.